The van der Waals surface area contributed by atoms with Crippen LogP contribution in [0, 0.1) is 5.92 Å². The minimum absolute atomic E-state index is 0.0429. The van der Waals surface area contributed by atoms with E-state index >= 15 is 0 Å². The molecule has 0 rings (SSSR count). The van der Waals surface area contributed by atoms with Gasteiger partial charge in [-0.15, -0.1) is 0 Å². The number of esters is 1. The van der Waals surface area contributed by atoms with Gasteiger partial charge in [-0.1, -0.05) is 6.92 Å². The van der Waals surface area contributed by atoms with Gasteiger partial charge in [-0.3, -0.25) is 0 Å². The van der Waals surface area contributed by atoms with Gasteiger partial charge in [-0.05, 0) is 27.7 Å². The minimum atomic E-state index is -2.76. The second-order valence-corrected chi connectivity index (χ2v) is 5.07. The topological polar surface area (TPSA) is 64.6 Å². The van der Waals surface area contributed by atoms with Gasteiger partial charge in [0.05, 0.1) is 6.61 Å². The van der Waals surface area contributed by atoms with Crippen LogP contribution in [0.2, 0.25) is 0 Å². The van der Waals surface area contributed by atoms with E-state index in [1.165, 1.54) is 0 Å². The summed E-state index contributed by atoms with van der Waals surface area (Å²) in [5, 5.41) is 2.12. The predicted octanol–water partition coefficient (Wildman–Crippen LogP) is 2.34. The van der Waals surface area contributed by atoms with E-state index < -0.39 is 36.0 Å². The highest BCUT2D eigenvalue weighted by Gasteiger charge is 2.35. The summed E-state index contributed by atoms with van der Waals surface area (Å²) in [6.45, 7) is 7.63. The summed E-state index contributed by atoms with van der Waals surface area (Å²) in [5.41, 5.74) is -0.780. The molecule has 0 aliphatic heterocycles. The van der Waals surface area contributed by atoms with E-state index in [-0.39, 0.29) is 6.61 Å². The quantitative estimate of drug-likeness (QED) is 0.786. The summed E-state index contributed by atoms with van der Waals surface area (Å²) in [4.78, 5) is 23.1. The maximum atomic E-state index is 12.7. The van der Waals surface area contributed by atoms with E-state index in [4.69, 9.17) is 4.74 Å². The highest BCUT2D eigenvalue weighted by Crippen LogP contribution is 2.16. The number of alkyl halides is 2. The van der Waals surface area contributed by atoms with Gasteiger partial charge < -0.3 is 14.8 Å². The molecule has 0 aromatic rings. The van der Waals surface area contributed by atoms with Gasteiger partial charge in [-0.2, -0.15) is 0 Å². The molecule has 0 radical (unpaired) electrons. The summed E-state index contributed by atoms with van der Waals surface area (Å²) in [6.07, 6.45) is -3.69. The number of alkyl carbamates (subject to hydrolysis) is 1. The van der Waals surface area contributed by atoms with Gasteiger partial charge >= 0.3 is 12.1 Å². The molecule has 112 valence electrons. The Morgan fingerprint density at radius 3 is 2.16 bits per heavy atom. The van der Waals surface area contributed by atoms with Crippen LogP contribution in [0.5, 0.6) is 0 Å². The van der Waals surface area contributed by atoms with Crippen LogP contribution in [0.15, 0.2) is 0 Å². The van der Waals surface area contributed by atoms with Crippen molar-refractivity contribution in [3.8, 4) is 0 Å². The number of carbonyl (C=O) groups is 2. The van der Waals surface area contributed by atoms with Gasteiger partial charge in [0.25, 0.3) is 0 Å². The Morgan fingerprint density at radius 2 is 1.79 bits per heavy atom. The molecule has 1 amide bonds. The lowest BCUT2D eigenvalue weighted by Crippen LogP contribution is -2.49. The molecule has 5 nitrogen and oxygen atoms in total. The maximum Gasteiger partial charge on any atom is 0.408 e. The van der Waals surface area contributed by atoms with Crippen LogP contribution in [-0.4, -0.2) is 36.7 Å². The number of rotatable bonds is 5. The summed E-state index contributed by atoms with van der Waals surface area (Å²) < 4.78 is 34.9. The molecule has 0 aromatic carbocycles. The maximum absolute atomic E-state index is 12.7. The first-order chi connectivity index (χ1) is 8.58. The predicted molar refractivity (Wildman–Crippen MR) is 65.0 cm³/mol. The third-order valence-corrected chi connectivity index (χ3v) is 2.14. The average molecular weight is 281 g/mol. The second kappa shape index (κ2) is 7.25. The Morgan fingerprint density at radius 1 is 1.26 bits per heavy atom. The smallest absolute Gasteiger partial charge is 0.408 e. The Kier molecular flexibility index (Phi) is 6.72. The van der Waals surface area contributed by atoms with Crippen LogP contribution in [0.3, 0.4) is 0 Å². The van der Waals surface area contributed by atoms with Gasteiger partial charge in [0, 0.05) is 5.92 Å². The molecule has 0 saturated heterocycles. The fourth-order valence-corrected chi connectivity index (χ4v) is 1.22. The highest BCUT2D eigenvalue weighted by molar-refractivity contribution is 5.81. The van der Waals surface area contributed by atoms with Crippen LogP contribution in [-0.2, 0) is 14.3 Å². The second-order valence-electron chi connectivity index (χ2n) is 5.07. The van der Waals surface area contributed by atoms with Crippen molar-refractivity contribution in [1.82, 2.24) is 5.32 Å². The number of ether oxygens (including phenoxy) is 2. The zero-order valence-electron chi connectivity index (χ0n) is 11.8. The van der Waals surface area contributed by atoms with E-state index in [9.17, 15) is 18.4 Å². The van der Waals surface area contributed by atoms with Crippen molar-refractivity contribution >= 4 is 12.1 Å². The van der Waals surface area contributed by atoms with Crippen molar-refractivity contribution in [2.45, 2.75) is 52.7 Å². The Hall–Kier alpha value is -1.40. The standard InChI is InChI=1S/C12H21F2NO4/c1-6-18-10(16)8(7(2)9(13)14)15-11(17)19-12(3,4)5/h7-9H,6H2,1-5H3,(H,15,17). The Balaban J connectivity index is 4.76. The zero-order valence-corrected chi connectivity index (χ0v) is 11.8. The monoisotopic (exact) mass is 281 g/mol. The molecule has 0 spiro atoms. The molecule has 0 aromatic heterocycles. The van der Waals surface area contributed by atoms with Crippen LogP contribution in [0.25, 0.3) is 0 Å². The lowest BCUT2D eigenvalue weighted by molar-refractivity contribution is -0.148. The van der Waals surface area contributed by atoms with Crippen LogP contribution in [0.1, 0.15) is 34.6 Å². The number of hydrogen-bond donors (Lipinski definition) is 1. The van der Waals surface area contributed by atoms with Crippen LogP contribution >= 0.6 is 0 Å². The molecule has 1 N–H and O–H groups in total. The Bertz CT molecular complexity index is 315. The molecular formula is C12H21F2NO4. The van der Waals surface area contributed by atoms with E-state index in [2.05, 4.69) is 10.1 Å². The van der Waals surface area contributed by atoms with E-state index in [1.807, 2.05) is 0 Å². The molecule has 19 heavy (non-hydrogen) atoms. The minimum Gasteiger partial charge on any atom is -0.464 e. The summed E-state index contributed by atoms with van der Waals surface area (Å²) in [5.74, 6) is -2.27. The van der Waals surface area contributed by atoms with Gasteiger partial charge in [0.15, 0.2) is 0 Å². The van der Waals surface area contributed by atoms with E-state index in [1.54, 1.807) is 27.7 Å². The first kappa shape index (κ1) is 17.6. The first-order valence-electron chi connectivity index (χ1n) is 6.02. The fraction of sp³-hybridized carbons (Fsp3) is 0.833. The lowest BCUT2D eigenvalue weighted by Gasteiger charge is -2.25. The molecule has 0 aliphatic carbocycles. The molecule has 2 atom stereocenters. The lowest BCUT2D eigenvalue weighted by atomic mass is 10.0. The van der Waals surface area contributed by atoms with Crippen LogP contribution < -0.4 is 5.32 Å². The summed E-state index contributed by atoms with van der Waals surface area (Å²) in [6, 6.07) is -1.44. The highest BCUT2D eigenvalue weighted by atomic mass is 19.3. The molecule has 0 fully saturated rings. The van der Waals surface area contributed by atoms with Crippen molar-refractivity contribution in [3.63, 3.8) is 0 Å². The largest absolute Gasteiger partial charge is 0.464 e. The first-order valence-corrected chi connectivity index (χ1v) is 6.02. The molecular weight excluding hydrogens is 260 g/mol. The molecule has 0 saturated carbocycles. The number of carbonyl (C=O) groups excluding carboxylic acids is 2. The normalized spacial score (nSPS) is 14.7. The third kappa shape index (κ3) is 6.93. The van der Waals surface area contributed by atoms with Crippen molar-refractivity contribution in [1.29, 1.82) is 0 Å². The molecule has 7 heteroatoms. The molecule has 2 unspecified atom stereocenters. The van der Waals surface area contributed by atoms with Crippen molar-refractivity contribution in [2.75, 3.05) is 6.61 Å². The molecule has 0 bridgehead atoms. The number of halogens is 2. The van der Waals surface area contributed by atoms with Gasteiger partial charge in [0.1, 0.15) is 11.6 Å². The number of hydrogen-bond acceptors (Lipinski definition) is 4. The van der Waals surface area contributed by atoms with E-state index in [0.717, 1.165) is 6.92 Å². The van der Waals surface area contributed by atoms with Gasteiger partial charge in [-0.25, -0.2) is 18.4 Å². The fourth-order valence-electron chi connectivity index (χ4n) is 1.22. The number of amides is 1. The molecule has 0 aliphatic rings. The summed E-state index contributed by atoms with van der Waals surface area (Å²) in [7, 11) is 0. The zero-order chi connectivity index (χ0) is 15.2. The average Bonchev–Trinajstić information content (AvgIpc) is 2.22. The van der Waals surface area contributed by atoms with E-state index in [0.29, 0.717) is 0 Å². The van der Waals surface area contributed by atoms with Crippen molar-refractivity contribution < 1.29 is 27.8 Å². The summed E-state index contributed by atoms with van der Waals surface area (Å²) >= 11 is 0. The third-order valence-electron chi connectivity index (χ3n) is 2.14. The number of nitrogens with one attached hydrogen (secondary N) is 1. The Labute approximate surface area is 111 Å². The van der Waals surface area contributed by atoms with Crippen LogP contribution in [0.4, 0.5) is 13.6 Å². The molecule has 0 heterocycles. The van der Waals surface area contributed by atoms with Gasteiger partial charge in [0.2, 0.25) is 6.43 Å². The van der Waals surface area contributed by atoms with Crippen molar-refractivity contribution in [3.05, 3.63) is 0 Å². The SMILES string of the molecule is CCOC(=O)C(NC(=O)OC(C)(C)C)C(C)C(F)F. The van der Waals surface area contributed by atoms with Crippen molar-refractivity contribution in [2.24, 2.45) is 5.92 Å².